The summed E-state index contributed by atoms with van der Waals surface area (Å²) >= 11 is 4.46. The van der Waals surface area contributed by atoms with E-state index in [-0.39, 0.29) is 0 Å². The maximum atomic E-state index is 11.9. The molecular weight excluding hydrogens is 233 g/mol. The van der Waals surface area contributed by atoms with Gasteiger partial charge in [-0.1, -0.05) is 6.92 Å². The number of hydrogen-bond donors (Lipinski definition) is 1. The van der Waals surface area contributed by atoms with E-state index in [1.807, 2.05) is 0 Å². The largest absolute Gasteiger partial charge is 0.493 e. The Morgan fingerprint density at radius 2 is 2.07 bits per heavy atom. The van der Waals surface area contributed by atoms with Crippen LogP contribution in [-0.2, 0) is 9.63 Å². The fraction of sp³-hybridized carbons (Fsp3) is 0.714. The second kappa shape index (κ2) is 5.15. The molecule has 88 valence electrons. The first-order chi connectivity index (χ1) is 6.70. The van der Waals surface area contributed by atoms with Crippen molar-refractivity contribution in [2.45, 2.75) is 32.5 Å². The van der Waals surface area contributed by atoms with Crippen LogP contribution in [0, 0.1) is 0 Å². The van der Waals surface area contributed by atoms with Gasteiger partial charge in [-0.3, -0.25) is 0 Å². The maximum absolute atomic E-state index is 11.9. The Hall–Kier alpha value is -1.05. The van der Waals surface area contributed by atoms with Gasteiger partial charge >= 0.3 is 12.1 Å². The molecule has 0 amide bonds. The van der Waals surface area contributed by atoms with E-state index in [4.69, 9.17) is 5.73 Å². The Balaban J connectivity index is 4.57. The summed E-state index contributed by atoms with van der Waals surface area (Å²) in [6.45, 7) is 3.22. The van der Waals surface area contributed by atoms with Gasteiger partial charge in [-0.2, -0.15) is 18.2 Å². The van der Waals surface area contributed by atoms with Gasteiger partial charge in [-0.25, -0.2) is 4.79 Å². The predicted octanol–water partition coefficient (Wildman–Crippen LogP) is 1.35. The molecule has 0 aliphatic carbocycles. The van der Waals surface area contributed by atoms with Crippen LogP contribution >= 0.6 is 12.2 Å². The first kappa shape index (κ1) is 13.9. The number of nitrogens with two attached hydrogens (primary N) is 1. The number of halogens is 3. The average molecular weight is 244 g/mol. The van der Waals surface area contributed by atoms with Crippen molar-refractivity contribution in [1.82, 2.24) is 5.06 Å². The van der Waals surface area contributed by atoms with Crippen molar-refractivity contribution in [2.75, 3.05) is 0 Å². The zero-order valence-corrected chi connectivity index (χ0v) is 8.98. The average Bonchev–Trinajstić information content (AvgIpc) is 2.10. The molecule has 0 saturated carbocycles. The van der Waals surface area contributed by atoms with Crippen LogP contribution in [0.3, 0.4) is 0 Å². The predicted molar refractivity (Wildman–Crippen MR) is 50.5 cm³/mol. The lowest BCUT2D eigenvalue weighted by Crippen LogP contribution is -2.45. The zero-order valence-electron chi connectivity index (χ0n) is 8.17. The number of alkyl halides is 3. The Morgan fingerprint density at radius 1 is 1.60 bits per heavy atom. The molecule has 0 aromatic rings. The second-order valence-electron chi connectivity index (χ2n) is 2.80. The summed E-state index contributed by atoms with van der Waals surface area (Å²) in [6.07, 6.45) is -4.63. The Morgan fingerprint density at radius 3 is 2.33 bits per heavy atom. The lowest BCUT2D eigenvalue weighted by molar-refractivity contribution is -0.229. The highest BCUT2D eigenvalue weighted by Crippen LogP contribution is 2.18. The molecule has 0 fully saturated rings. The molecule has 8 heteroatoms. The van der Waals surface area contributed by atoms with Gasteiger partial charge in [0.15, 0.2) is 0 Å². The highest BCUT2D eigenvalue weighted by molar-refractivity contribution is 7.80. The fourth-order valence-corrected chi connectivity index (χ4v) is 0.876. The summed E-state index contributed by atoms with van der Waals surface area (Å²) in [4.78, 5) is 14.5. The summed E-state index contributed by atoms with van der Waals surface area (Å²) in [5.74, 6) is -2.34. The van der Waals surface area contributed by atoms with E-state index in [1.165, 1.54) is 6.92 Å². The van der Waals surface area contributed by atoms with Gasteiger partial charge in [0.1, 0.15) is 0 Å². The van der Waals surface area contributed by atoms with Gasteiger partial charge in [0.05, 0.1) is 6.04 Å². The molecule has 4 nitrogen and oxygen atoms in total. The van der Waals surface area contributed by atoms with Crippen molar-refractivity contribution < 1.29 is 22.8 Å². The topological polar surface area (TPSA) is 55.6 Å². The molecule has 0 aromatic heterocycles. The van der Waals surface area contributed by atoms with Gasteiger partial charge in [0, 0.05) is 0 Å². The summed E-state index contributed by atoms with van der Waals surface area (Å²) in [6, 6.07) is -0.506. The summed E-state index contributed by atoms with van der Waals surface area (Å²) < 4.78 is 35.6. The van der Waals surface area contributed by atoms with Gasteiger partial charge in [-0.15, -0.1) is 0 Å². The van der Waals surface area contributed by atoms with E-state index in [0.29, 0.717) is 11.5 Å². The standard InChI is InChI=1S/C7H11F3N2O2S/c1-3-4(2)12(6(11)15)14-5(13)7(8,9)10/h4H,3H2,1-2H3,(H2,11,15). The van der Waals surface area contributed by atoms with E-state index < -0.39 is 23.3 Å². The van der Waals surface area contributed by atoms with Crippen LogP contribution in [0.4, 0.5) is 13.2 Å². The molecule has 1 unspecified atom stereocenters. The number of hydroxylamine groups is 2. The number of carbonyl (C=O) groups excluding carboxylic acids is 1. The molecule has 0 bridgehead atoms. The van der Waals surface area contributed by atoms with Crippen LogP contribution in [0.25, 0.3) is 0 Å². The van der Waals surface area contributed by atoms with Crippen molar-refractivity contribution in [3.63, 3.8) is 0 Å². The zero-order chi connectivity index (χ0) is 12.2. The number of hydrogen-bond acceptors (Lipinski definition) is 3. The minimum absolute atomic E-state index is 0.415. The third kappa shape index (κ3) is 4.32. The number of carbonyl (C=O) groups is 1. The van der Waals surface area contributed by atoms with E-state index in [0.717, 1.165) is 0 Å². The third-order valence-corrected chi connectivity index (χ3v) is 1.80. The Bertz CT molecular complexity index is 257. The van der Waals surface area contributed by atoms with E-state index >= 15 is 0 Å². The van der Waals surface area contributed by atoms with Crippen LogP contribution in [0.1, 0.15) is 20.3 Å². The molecule has 0 radical (unpaired) electrons. The summed E-state index contributed by atoms with van der Waals surface area (Å²) in [5.41, 5.74) is 5.12. The Labute approximate surface area is 90.1 Å². The van der Waals surface area contributed by atoms with Crippen molar-refractivity contribution in [1.29, 1.82) is 0 Å². The molecule has 0 rings (SSSR count). The first-order valence-corrected chi connectivity index (χ1v) is 4.48. The second-order valence-corrected chi connectivity index (χ2v) is 3.22. The summed E-state index contributed by atoms with van der Waals surface area (Å²) in [5, 5.41) is 0.160. The molecule has 0 saturated heterocycles. The maximum Gasteiger partial charge on any atom is 0.493 e. The van der Waals surface area contributed by atoms with Gasteiger partial charge in [0.2, 0.25) is 5.11 Å². The van der Waals surface area contributed by atoms with Crippen LogP contribution < -0.4 is 5.73 Å². The molecule has 15 heavy (non-hydrogen) atoms. The monoisotopic (exact) mass is 244 g/mol. The van der Waals surface area contributed by atoms with Crippen molar-refractivity contribution in [3.8, 4) is 0 Å². The highest BCUT2D eigenvalue weighted by atomic mass is 32.1. The lowest BCUT2D eigenvalue weighted by atomic mass is 10.3. The Kier molecular flexibility index (Phi) is 4.79. The lowest BCUT2D eigenvalue weighted by Gasteiger charge is -2.26. The molecule has 0 spiro atoms. The number of rotatable bonds is 2. The minimum atomic E-state index is -5.06. The van der Waals surface area contributed by atoms with Crippen LogP contribution in [0.15, 0.2) is 0 Å². The normalized spacial score (nSPS) is 13.1. The molecule has 0 aliphatic rings. The highest BCUT2D eigenvalue weighted by Gasteiger charge is 2.43. The molecule has 0 aromatic carbocycles. The van der Waals surface area contributed by atoms with Crippen molar-refractivity contribution in [2.24, 2.45) is 5.73 Å². The van der Waals surface area contributed by atoms with Gasteiger partial charge in [0.25, 0.3) is 0 Å². The molecule has 1 atom stereocenters. The van der Waals surface area contributed by atoms with Crippen LogP contribution in [0.2, 0.25) is 0 Å². The smallest absolute Gasteiger partial charge is 0.374 e. The van der Waals surface area contributed by atoms with Crippen LogP contribution in [-0.4, -0.2) is 28.4 Å². The fourth-order valence-electron chi connectivity index (χ4n) is 0.659. The van der Waals surface area contributed by atoms with E-state index in [1.54, 1.807) is 6.92 Å². The van der Waals surface area contributed by atoms with Crippen molar-refractivity contribution in [3.05, 3.63) is 0 Å². The van der Waals surface area contributed by atoms with E-state index in [9.17, 15) is 18.0 Å². The third-order valence-electron chi connectivity index (χ3n) is 1.62. The molecule has 2 N–H and O–H groups in total. The quantitative estimate of drug-likeness (QED) is 0.587. The number of nitrogens with zero attached hydrogens (tertiary/aromatic N) is 1. The van der Waals surface area contributed by atoms with Crippen molar-refractivity contribution >= 4 is 23.3 Å². The molecular formula is C7H11F3N2O2S. The van der Waals surface area contributed by atoms with Crippen LogP contribution in [0.5, 0.6) is 0 Å². The number of thiocarbonyl (C=S) groups is 1. The first-order valence-electron chi connectivity index (χ1n) is 4.08. The SMILES string of the molecule is CCC(C)N(OC(=O)C(F)(F)F)C(N)=S. The summed E-state index contributed by atoms with van der Waals surface area (Å²) in [7, 11) is 0. The molecule has 0 aliphatic heterocycles. The van der Waals surface area contributed by atoms with Gasteiger partial charge < -0.3 is 10.6 Å². The van der Waals surface area contributed by atoms with E-state index in [2.05, 4.69) is 17.1 Å². The van der Waals surface area contributed by atoms with Gasteiger partial charge in [-0.05, 0) is 25.6 Å². The molecule has 0 heterocycles. The minimum Gasteiger partial charge on any atom is -0.374 e.